The van der Waals surface area contributed by atoms with Gasteiger partial charge < -0.3 is 9.73 Å². The molecular weight excluding hydrogens is 366 g/mol. The highest BCUT2D eigenvalue weighted by atomic mass is 32.2. The first kappa shape index (κ1) is 19.2. The normalized spacial score (nSPS) is 14.9. The maximum absolute atomic E-state index is 12.5. The number of sulfonamides is 1. The number of nitrogens with zero attached hydrogens (tertiary/aromatic N) is 1. The number of furan rings is 1. The van der Waals surface area contributed by atoms with E-state index >= 15 is 0 Å². The van der Waals surface area contributed by atoms with E-state index in [1.54, 1.807) is 24.5 Å². The van der Waals surface area contributed by atoms with E-state index in [0.717, 1.165) is 25.0 Å². The molecule has 0 aliphatic carbocycles. The number of nitrogens with one attached hydrogen (secondary N) is 2. The molecule has 1 aliphatic heterocycles. The molecule has 0 saturated carbocycles. The number of hydrogen-bond acceptors (Lipinski definition) is 5. The van der Waals surface area contributed by atoms with Gasteiger partial charge in [-0.05, 0) is 49.2 Å². The van der Waals surface area contributed by atoms with Gasteiger partial charge in [0.25, 0.3) is 10.0 Å². The summed E-state index contributed by atoms with van der Waals surface area (Å²) < 4.78 is 32.7. The Morgan fingerprint density at radius 3 is 2.67 bits per heavy atom. The van der Waals surface area contributed by atoms with Crippen LogP contribution >= 0.6 is 0 Å². The van der Waals surface area contributed by atoms with Gasteiger partial charge >= 0.3 is 0 Å². The number of rotatable bonds is 6. The lowest BCUT2D eigenvalue weighted by molar-refractivity contribution is -0.116. The van der Waals surface area contributed by atoms with Crippen LogP contribution in [0.15, 0.2) is 57.0 Å². The highest BCUT2D eigenvalue weighted by molar-refractivity contribution is 7.90. The number of aliphatic imine (C=N–C) groups is 1. The third-order valence-electron chi connectivity index (χ3n) is 4.25. The van der Waals surface area contributed by atoms with Gasteiger partial charge in [0, 0.05) is 31.5 Å². The zero-order valence-electron chi connectivity index (χ0n) is 15.0. The second kappa shape index (κ2) is 8.85. The number of amidine groups is 1. The van der Waals surface area contributed by atoms with Crippen molar-refractivity contribution in [1.29, 1.82) is 0 Å². The van der Waals surface area contributed by atoms with Crippen molar-refractivity contribution in [2.24, 2.45) is 4.99 Å². The third-order valence-corrected chi connectivity index (χ3v) is 5.65. The number of aryl methyl sites for hydroxylation is 1. The third kappa shape index (κ3) is 5.68. The Kier molecular flexibility index (Phi) is 6.28. The molecule has 3 rings (SSSR count). The minimum Gasteiger partial charge on any atom is -0.469 e. The van der Waals surface area contributed by atoms with Crippen LogP contribution in [0.25, 0.3) is 0 Å². The lowest BCUT2D eigenvalue weighted by Gasteiger charge is -2.10. The van der Waals surface area contributed by atoms with E-state index in [1.165, 1.54) is 12.1 Å². The van der Waals surface area contributed by atoms with Gasteiger partial charge in [-0.1, -0.05) is 6.42 Å². The predicted molar refractivity (Wildman–Crippen MR) is 103 cm³/mol. The fourth-order valence-electron chi connectivity index (χ4n) is 2.80. The van der Waals surface area contributed by atoms with Gasteiger partial charge in [-0.15, -0.1) is 0 Å². The molecule has 1 aromatic carbocycles. The summed E-state index contributed by atoms with van der Waals surface area (Å²) in [6, 6.07) is 9.70. The van der Waals surface area contributed by atoms with Crippen LogP contribution in [0.1, 0.15) is 37.9 Å². The van der Waals surface area contributed by atoms with Crippen LogP contribution in [0.2, 0.25) is 0 Å². The fourth-order valence-corrected chi connectivity index (χ4v) is 3.89. The van der Waals surface area contributed by atoms with Crippen LogP contribution in [-0.4, -0.2) is 26.7 Å². The highest BCUT2D eigenvalue weighted by Gasteiger charge is 2.17. The van der Waals surface area contributed by atoms with E-state index in [1.807, 2.05) is 6.07 Å². The molecule has 2 N–H and O–H groups in total. The quantitative estimate of drug-likeness (QED) is 0.793. The van der Waals surface area contributed by atoms with Gasteiger partial charge in [-0.3, -0.25) is 14.5 Å². The molecule has 1 aromatic heterocycles. The molecule has 8 heteroatoms. The summed E-state index contributed by atoms with van der Waals surface area (Å²) in [6.07, 6.45) is 5.99. The SMILES string of the molecule is O=C(CCc1ccco1)Nc1ccc(S(=O)(=O)NC2=NCCCCC2)cc1. The van der Waals surface area contributed by atoms with Crippen LogP contribution < -0.4 is 10.0 Å². The number of benzene rings is 1. The van der Waals surface area contributed by atoms with E-state index in [4.69, 9.17) is 4.42 Å². The Hall–Kier alpha value is -2.61. The zero-order chi connectivity index (χ0) is 19.1. The topological polar surface area (TPSA) is 101 Å². The minimum absolute atomic E-state index is 0.142. The molecule has 0 unspecified atom stereocenters. The van der Waals surface area contributed by atoms with Crippen LogP contribution in [-0.2, 0) is 21.2 Å². The summed E-state index contributed by atoms with van der Waals surface area (Å²) in [6.45, 7) is 0.654. The maximum Gasteiger partial charge on any atom is 0.262 e. The van der Waals surface area contributed by atoms with Crippen molar-refractivity contribution < 1.29 is 17.6 Å². The van der Waals surface area contributed by atoms with Gasteiger partial charge in [-0.2, -0.15) is 0 Å². The monoisotopic (exact) mass is 389 g/mol. The molecule has 2 aromatic rings. The largest absolute Gasteiger partial charge is 0.469 e. The van der Waals surface area contributed by atoms with E-state index in [9.17, 15) is 13.2 Å². The highest BCUT2D eigenvalue weighted by Crippen LogP contribution is 2.16. The molecule has 7 nitrogen and oxygen atoms in total. The van der Waals surface area contributed by atoms with Crippen molar-refractivity contribution in [3.63, 3.8) is 0 Å². The van der Waals surface area contributed by atoms with Crippen molar-refractivity contribution in [3.05, 3.63) is 48.4 Å². The molecule has 2 heterocycles. The average molecular weight is 389 g/mol. The smallest absolute Gasteiger partial charge is 0.262 e. The predicted octanol–water partition coefficient (Wildman–Crippen LogP) is 3.10. The van der Waals surface area contributed by atoms with E-state index in [-0.39, 0.29) is 17.2 Å². The van der Waals surface area contributed by atoms with E-state index < -0.39 is 10.0 Å². The van der Waals surface area contributed by atoms with Crippen molar-refractivity contribution in [2.45, 2.75) is 43.4 Å². The summed E-state index contributed by atoms with van der Waals surface area (Å²) in [5.74, 6) is 1.11. The van der Waals surface area contributed by atoms with Crippen molar-refractivity contribution in [1.82, 2.24) is 4.72 Å². The molecule has 0 bridgehead atoms. The molecule has 1 aliphatic rings. The summed E-state index contributed by atoms with van der Waals surface area (Å²) in [7, 11) is -3.67. The average Bonchev–Trinajstić information content (AvgIpc) is 3.04. The van der Waals surface area contributed by atoms with Crippen molar-refractivity contribution in [3.8, 4) is 0 Å². The summed E-state index contributed by atoms with van der Waals surface area (Å²) in [4.78, 5) is 16.4. The van der Waals surface area contributed by atoms with Crippen molar-refractivity contribution in [2.75, 3.05) is 11.9 Å². The Balaban J connectivity index is 1.57. The van der Waals surface area contributed by atoms with Gasteiger partial charge in [0.05, 0.1) is 11.2 Å². The van der Waals surface area contributed by atoms with Gasteiger partial charge in [0.2, 0.25) is 5.91 Å². The molecule has 0 saturated heterocycles. The summed E-state index contributed by atoms with van der Waals surface area (Å²) in [5, 5.41) is 2.75. The lowest BCUT2D eigenvalue weighted by Crippen LogP contribution is -2.30. The Morgan fingerprint density at radius 2 is 1.93 bits per heavy atom. The van der Waals surface area contributed by atoms with E-state index in [0.29, 0.717) is 30.9 Å². The first-order valence-corrected chi connectivity index (χ1v) is 10.5. The summed E-state index contributed by atoms with van der Waals surface area (Å²) in [5.41, 5.74) is 0.546. The molecule has 0 radical (unpaired) electrons. The minimum atomic E-state index is -3.67. The number of carbonyl (C=O) groups is 1. The molecule has 0 fully saturated rings. The number of anilines is 1. The standard InChI is InChI=1S/C19H23N3O4S/c23-19(12-9-16-5-4-14-26-16)21-15-7-10-17(11-8-15)27(24,25)22-18-6-2-1-3-13-20-18/h4-5,7-8,10-11,14H,1-3,6,9,12-13H2,(H,20,22)(H,21,23). The molecule has 144 valence electrons. The van der Waals surface area contributed by atoms with Crippen molar-refractivity contribution >= 4 is 27.5 Å². The summed E-state index contributed by atoms with van der Waals surface area (Å²) >= 11 is 0. The zero-order valence-corrected chi connectivity index (χ0v) is 15.8. The van der Waals surface area contributed by atoms with Crippen LogP contribution in [0.4, 0.5) is 5.69 Å². The first-order valence-electron chi connectivity index (χ1n) is 9.01. The van der Waals surface area contributed by atoms with Gasteiger partial charge in [-0.25, -0.2) is 8.42 Å². The maximum atomic E-state index is 12.5. The Bertz CT molecular complexity index is 888. The first-order chi connectivity index (χ1) is 13.0. The number of amides is 1. The number of hydrogen-bond donors (Lipinski definition) is 2. The van der Waals surface area contributed by atoms with Crippen LogP contribution in [0.5, 0.6) is 0 Å². The van der Waals surface area contributed by atoms with Gasteiger partial charge in [0.15, 0.2) is 0 Å². The molecule has 1 amide bonds. The molecular formula is C19H23N3O4S. The van der Waals surface area contributed by atoms with E-state index in [2.05, 4.69) is 15.0 Å². The lowest BCUT2D eigenvalue weighted by atomic mass is 10.2. The number of carbonyl (C=O) groups excluding carboxylic acids is 1. The fraction of sp³-hybridized carbons (Fsp3) is 0.368. The second-order valence-corrected chi connectivity index (χ2v) is 8.08. The van der Waals surface area contributed by atoms with Crippen LogP contribution in [0, 0.1) is 0 Å². The second-order valence-electron chi connectivity index (χ2n) is 6.40. The molecule has 0 spiro atoms. The van der Waals surface area contributed by atoms with Gasteiger partial charge in [0.1, 0.15) is 11.6 Å². The molecule has 27 heavy (non-hydrogen) atoms. The Labute approximate surface area is 158 Å². The molecule has 0 atom stereocenters. The Morgan fingerprint density at radius 1 is 1.11 bits per heavy atom. The van der Waals surface area contributed by atoms with Crippen LogP contribution in [0.3, 0.4) is 0 Å².